The molecule has 3 N–H and O–H groups in total. The molecule has 0 saturated carbocycles. The van der Waals surface area contributed by atoms with Crippen LogP contribution in [0.1, 0.15) is 18.5 Å². The first-order chi connectivity index (χ1) is 9.18. The molecule has 1 aliphatic heterocycles. The smallest absolute Gasteiger partial charge is 0.243 e. The number of amides is 1. The summed E-state index contributed by atoms with van der Waals surface area (Å²) in [5.74, 6) is 0.895. The van der Waals surface area contributed by atoms with Gasteiger partial charge in [-0.1, -0.05) is 25.1 Å². The van der Waals surface area contributed by atoms with Crippen LogP contribution in [0.3, 0.4) is 0 Å². The summed E-state index contributed by atoms with van der Waals surface area (Å²) in [7, 11) is 0. The van der Waals surface area contributed by atoms with Gasteiger partial charge >= 0.3 is 0 Å². The van der Waals surface area contributed by atoms with Gasteiger partial charge in [0.1, 0.15) is 12.4 Å². The van der Waals surface area contributed by atoms with E-state index in [2.05, 4.69) is 18.3 Å². The Morgan fingerprint density at radius 2 is 2.32 bits per heavy atom. The predicted molar refractivity (Wildman–Crippen MR) is 71.9 cm³/mol. The van der Waals surface area contributed by atoms with Gasteiger partial charge in [-0.25, -0.2) is 0 Å². The molecular formula is C14H20N2O3. The normalized spacial score (nSPS) is 21.5. The van der Waals surface area contributed by atoms with Crippen molar-refractivity contribution >= 4 is 5.91 Å². The van der Waals surface area contributed by atoms with Crippen molar-refractivity contribution in [2.45, 2.75) is 13.0 Å². The van der Waals surface area contributed by atoms with Crippen LogP contribution in [0.4, 0.5) is 0 Å². The zero-order valence-corrected chi connectivity index (χ0v) is 11.1. The van der Waals surface area contributed by atoms with Crippen LogP contribution in [0.15, 0.2) is 24.3 Å². The maximum atomic E-state index is 10.5. The van der Waals surface area contributed by atoms with Gasteiger partial charge in [-0.3, -0.25) is 4.79 Å². The quantitative estimate of drug-likeness (QED) is 0.747. The average Bonchev–Trinajstić information content (AvgIpc) is 2.40. The number of fused-ring (bicyclic) bond motifs is 1. The molecule has 0 radical (unpaired) electrons. The number of ether oxygens (including phenoxy) is 2. The second-order valence-corrected chi connectivity index (χ2v) is 4.78. The minimum atomic E-state index is -0.440. The van der Waals surface area contributed by atoms with E-state index in [0.29, 0.717) is 25.7 Å². The Labute approximate surface area is 113 Å². The van der Waals surface area contributed by atoms with E-state index in [4.69, 9.17) is 15.2 Å². The predicted octanol–water partition coefficient (Wildman–Crippen LogP) is 0.848. The molecule has 19 heavy (non-hydrogen) atoms. The van der Waals surface area contributed by atoms with Crippen LogP contribution in [0.5, 0.6) is 5.75 Å². The largest absolute Gasteiger partial charge is 0.493 e. The fourth-order valence-electron chi connectivity index (χ4n) is 2.26. The summed E-state index contributed by atoms with van der Waals surface area (Å²) in [6, 6.07) is 8.30. The molecule has 1 aliphatic rings. The van der Waals surface area contributed by atoms with E-state index in [1.165, 1.54) is 5.56 Å². The lowest BCUT2D eigenvalue weighted by Crippen LogP contribution is -2.36. The molecular weight excluding hydrogens is 244 g/mol. The van der Waals surface area contributed by atoms with E-state index in [-0.39, 0.29) is 12.6 Å². The minimum absolute atomic E-state index is 0.0262. The average molecular weight is 264 g/mol. The molecule has 5 nitrogen and oxygen atoms in total. The Kier molecular flexibility index (Phi) is 4.76. The third-order valence-corrected chi connectivity index (χ3v) is 3.18. The molecule has 2 unspecified atom stereocenters. The molecule has 1 heterocycles. The van der Waals surface area contributed by atoms with Crippen molar-refractivity contribution in [2.24, 2.45) is 11.7 Å². The van der Waals surface area contributed by atoms with Gasteiger partial charge in [-0.2, -0.15) is 0 Å². The first-order valence-corrected chi connectivity index (χ1v) is 6.49. The Hall–Kier alpha value is -1.59. The summed E-state index contributed by atoms with van der Waals surface area (Å²) < 4.78 is 10.8. The Balaban J connectivity index is 1.87. The van der Waals surface area contributed by atoms with Gasteiger partial charge < -0.3 is 20.5 Å². The van der Waals surface area contributed by atoms with Crippen molar-refractivity contribution < 1.29 is 14.3 Å². The monoisotopic (exact) mass is 264 g/mol. The summed E-state index contributed by atoms with van der Waals surface area (Å²) in [4.78, 5) is 10.5. The molecule has 0 aromatic heterocycles. The van der Waals surface area contributed by atoms with Crippen molar-refractivity contribution in [3.8, 4) is 5.75 Å². The highest BCUT2D eigenvalue weighted by Crippen LogP contribution is 2.34. The summed E-state index contributed by atoms with van der Waals surface area (Å²) in [6.07, 6.45) is 0. The van der Waals surface area contributed by atoms with Crippen LogP contribution >= 0.6 is 0 Å². The fourth-order valence-corrected chi connectivity index (χ4v) is 2.26. The highest BCUT2D eigenvalue weighted by Gasteiger charge is 2.26. The summed E-state index contributed by atoms with van der Waals surface area (Å²) >= 11 is 0. The fraction of sp³-hybridized carbons (Fsp3) is 0.500. The topological polar surface area (TPSA) is 73.6 Å². The molecule has 2 rings (SSSR count). The number of hydrogen-bond donors (Lipinski definition) is 2. The molecule has 104 valence electrons. The minimum Gasteiger partial charge on any atom is -0.493 e. The first-order valence-electron chi connectivity index (χ1n) is 6.49. The Morgan fingerprint density at radius 1 is 1.53 bits per heavy atom. The van der Waals surface area contributed by atoms with Crippen molar-refractivity contribution in [1.29, 1.82) is 0 Å². The number of nitrogens with one attached hydrogen (secondary N) is 1. The molecule has 0 spiro atoms. The zero-order valence-electron chi connectivity index (χ0n) is 11.1. The van der Waals surface area contributed by atoms with Gasteiger partial charge in [0, 0.05) is 24.1 Å². The van der Waals surface area contributed by atoms with Gasteiger partial charge in [0.25, 0.3) is 0 Å². The number of carbonyl (C=O) groups is 1. The van der Waals surface area contributed by atoms with Gasteiger partial charge in [-0.15, -0.1) is 0 Å². The lowest BCUT2D eigenvalue weighted by Gasteiger charge is -2.32. The van der Waals surface area contributed by atoms with E-state index in [0.717, 1.165) is 5.75 Å². The van der Waals surface area contributed by atoms with Crippen LogP contribution in [0.25, 0.3) is 0 Å². The molecule has 2 atom stereocenters. The Bertz CT molecular complexity index is 436. The van der Waals surface area contributed by atoms with Crippen molar-refractivity contribution in [2.75, 3.05) is 26.4 Å². The highest BCUT2D eigenvalue weighted by molar-refractivity contribution is 5.74. The van der Waals surface area contributed by atoms with Gasteiger partial charge in [-0.05, 0) is 6.07 Å². The Morgan fingerprint density at radius 3 is 3.11 bits per heavy atom. The van der Waals surface area contributed by atoms with Crippen molar-refractivity contribution in [1.82, 2.24) is 5.32 Å². The van der Waals surface area contributed by atoms with Crippen LogP contribution in [0.2, 0.25) is 0 Å². The van der Waals surface area contributed by atoms with Crippen LogP contribution in [-0.2, 0) is 9.53 Å². The van der Waals surface area contributed by atoms with Gasteiger partial charge in [0.05, 0.1) is 13.2 Å². The molecule has 1 aromatic rings. The number of primary amides is 1. The summed E-state index contributed by atoms with van der Waals surface area (Å²) in [6.45, 7) is 3.97. The number of nitrogens with two attached hydrogens (primary N) is 1. The lowest BCUT2D eigenvalue weighted by molar-refractivity contribution is -0.122. The molecule has 5 heteroatoms. The van der Waals surface area contributed by atoms with Crippen LogP contribution in [-0.4, -0.2) is 32.3 Å². The van der Waals surface area contributed by atoms with E-state index in [1.807, 2.05) is 18.2 Å². The summed E-state index contributed by atoms with van der Waals surface area (Å²) in [5.41, 5.74) is 6.18. The molecule has 0 fully saturated rings. The standard InChI is InChI=1S/C14H20N2O3/c1-10-8-19-12-5-3-2-4-11(12)14(10)16-6-7-18-9-13(15)17/h2-5,10,14,16H,6-9H2,1H3,(H2,15,17). The number of rotatable bonds is 6. The molecule has 1 aromatic carbocycles. The third kappa shape index (κ3) is 3.68. The second-order valence-electron chi connectivity index (χ2n) is 4.78. The number of benzene rings is 1. The van der Waals surface area contributed by atoms with Crippen LogP contribution in [0, 0.1) is 5.92 Å². The molecule has 0 aliphatic carbocycles. The third-order valence-electron chi connectivity index (χ3n) is 3.18. The maximum Gasteiger partial charge on any atom is 0.243 e. The van der Waals surface area contributed by atoms with Crippen molar-refractivity contribution in [3.05, 3.63) is 29.8 Å². The maximum absolute atomic E-state index is 10.5. The molecule has 1 amide bonds. The van der Waals surface area contributed by atoms with E-state index in [9.17, 15) is 4.79 Å². The van der Waals surface area contributed by atoms with Gasteiger partial charge in [0.15, 0.2) is 0 Å². The molecule has 0 saturated heterocycles. The zero-order chi connectivity index (χ0) is 13.7. The summed E-state index contributed by atoms with van der Waals surface area (Å²) in [5, 5.41) is 3.44. The first kappa shape index (κ1) is 13.8. The number of carbonyl (C=O) groups excluding carboxylic acids is 1. The highest BCUT2D eigenvalue weighted by atomic mass is 16.5. The SMILES string of the molecule is CC1COc2ccccc2C1NCCOCC(N)=O. The molecule has 0 bridgehead atoms. The van der Waals surface area contributed by atoms with Crippen molar-refractivity contribution in [3.63, 3.8) is 0 Å². The number of hydrogen-bond acceptors (Lipinski definition) is 4. The second kappa shape index (κ2) is 6.54. The van der Waals surface area contributed by atoms with E-state index >= 15 is 0 Å². The van der Waals surface area contributed by atoms with E-state index in [1.54, 1.807) is 0 Å². The van der Waals surface area contributed by atoms with E-state index < -0.39 is 5.91 Å². The van der Waals surface area contributed by atoms with Crippen LogP contribution < -0.4 is 15.8 Å². The lowest BCUT2D eigenvalue weighted by atomic mass is 9.92. The van der Waals surface area contributed by atoms with Gasteiger partial charge in [0.2, 0.25) is 5.91 Å². The number of para-hydroxylation sites is 1.